The van der Waals surface area contributed by atoms with Crippen LogP contribution in [0.5, 0.6) is 0 Å². The van der Waals surface area contributed by atoms with Crippen molar-refractivity contribution in [3.8, 4) is 11.1 Å². The van der Waals surface area contributed by atoms with Gasteiger partial charge >= 0.3 is 0 Å². The molecular formula is C68H74BN3. The van der Waals surface area contributed by atoms with E-state index in [1.165, 1.54) is 131 Å². The summed E-state index contributed by atoms with van der Waals surface area (Å²) in [6.07, 6.45) is 9.22. The lowest BCUT2D eigenvalue weighted by molar-refractivity contribution is 0.195. The van der Waals surface area contributed by atoms with E-state index in [-0.39, 0.29) is 39.3 Å². The average Bonchev–Trinajstić information content (AvgIpc) is 3.89. The third-order valence-electron chi connectivity index (χ3n) is 18.8. The lowest BCUT2D eigenvalue weighted by Crippen LogP contribution is -2.62. The minimum atomic E-state index is -0.139. The first kappa shape index (κ1) is 45.8. The molecule has 0 N–H and O–H groups in total. The van der Waals surface area contributed by atoms with Crippen LogP contribution in [0.2, 0.25) is 0 Å². The molecule has 7 aromatic carbocycles. The standard InChI is InChI=1S/C68H74BN3/c1-63(2,3)49-22-26-51(27-23-49)70-58-29-24-50(64(4,5)6)36-56(58)69-55-34-47-41-66(9,10)42-48(47)35-59(55)71(52-25-20-45-39-65(7,8)40-46(45)32-52)61-38-53(37-60(70)62(61)69)72-57-28-21-44(43-18-14-13-15-19-43)33-54(57)67(11)30-16-17-31-68(67,72)12/h13-15,18-29,32-38H,16-17,30-31,39-42H2,1-12H3. The van der Waals surface area contributed by atoms with Gasteiger partial charge in [0, 0.05) is 50.9 Å². The number of fused-ring (bicyclic) bond motifs is 9. The van der Waals surface area contributed by atoms with Gasteiger partial charge in [-0.15, -0.1) is 0 Å². The third kappa shape index (κ3) is 6.82. The summed E-state index contributed by atoms with van der Waals surface area (Å²) in [6, 6.07) is 53.7. The molecule has 3 heterocycles. The first-order valence-electron chi connectivity index (χ1n) is 27.4. The molecule has 6 aliphatic rings. The summed E-state index contributed by atoms with van der Waals surface area (Å²) in [4.78, 5) is 8.24. The Balaban J connectivity index is 1.13. The SMILES string of the molecule is CC1(C)Cc2ccc(N3c4cc5c(cc4B4c6cc(C(C)(C)C)ccc6N(c6ccc(C(C)(C)C)cc6)c6cc(N7c8ccc(-c9ccccc9)cc8C8(C)CCCCC78C)cc3c64)CC(C)(C)C5)cc2C1. The molecule has 3 aliphatic carbocycles. The molecule has 72 heavy (non-hydrogen) atoms. The van der Waals surface area contributed by atoms with E-state index in [4.69, 9.17) is 0 Å². The smallest absolute Gasteiger partial charge is 0.252 e. The molecule has 0 radical (unpaired) electrons. The molecule has 0 saturated heterocycles. The Labute approximate surface area is 431 Å². The zero-order valence-electron chi connectivity index (χ0n) is 45.3. The fraction of sp³-hybridized carbons (Fsp3) is 0.382. The van der Waals surface area contributed by atoms with Crippen molar-refractivity contribution >= 4 is 68.6 Å². The summed E-state index contributed by atoms with van der Waals surface area (Å²) in [5, 5.41) is 0. The Kier molecular flexibility index (Phi) is 9.73. The van der Waals surface area contributed by atoms with Gasteiger partial charge in [-0.2, -0.15) is 0 Å². The minimum absolute atomic E-state index is 0.0174. The van der Waals surface area contributed by atoms with Gasteiger partial charge in [0.2, 0.25) is 0 Å². The highest BCUT2D eigenvalue weighted by Crippen LogP contribution is 2.62. The van der Waals surface area contributed by atoms with Crippen molar-refractivity contribution in [2.75, 3.05) is 14.7 Å². The van der Waals surface area contributed by atoms with Gasteiger partial charge in [0.1, 0.15) is 0 Å². The number of benzene rings is 7. The fourth-order valence-corrected chi connectivity index (χ4v) is 14.9. The molecular weight excluding hydrogens is 870 g/mol. The predicted molar refractivity (Wildman–Crippen MR) is 308 cm³/mol. The molecule has 0 spiro atoms. The largest absolute Gasteiger partial charge is 0.334 e. The number of anilines is 8. The molecule has 2 atom stereocenters. The van der Waals surface area contributed by atoms with Crippen molar-refractivity contribution in [2.24, 2.45) is 10.8 Å². The summed E-state index contributed by atoms with van der Waals surface area (Å²) in [5.74, 6) is 0. The van der Waals surface area contributed by atoms with Crippen LogP contribution in [0.3, 0.4) is 0 Å². The van der Waals surface area contributed by atoms with Gasteiger partial charge in [0.05, 0.1) is 5.54 Å². The highest BCUT2D eigenvalue weighted by molar-refractivity contribution is 7.00. The van der Waals surface area contributed by atoms with Crippen LogP contribution in [-0.4, -0.2) is 12.3 Å². The van der Waals surface area contributed by atoms with Crippen LogP contribution in [0, 0.1) is 10.8 Å². The quantitative estimate of drug-likeness (QED) is 0.163. The van der Waals surface area contributed by atoms with Gasteiger partial charge in [-0.25, -0.2) is 0 Å². The second-order valence-electron chi connectivity index (χ2n) is 27.2. The first-order chi connectivity index (χ1) is 34.1. The lowest BCUT2D eigenvalue weighted by Gasteiger charge is -2.51. The van der Waals surface area contributed by atoms with E-state index in [1.807, 2.05) is 0 Å². The van der Waals surface area contributed by atoms with E-state index < -0.39 is 0 Å². The monoisotopic (exact) mass is 944 g/mol. The van der Waals surface area contributed by atoms with Gasteiger partial charge in [0.15, 0.2) is 0 Å². The maximum Gasteiger partial charge on any atom is 0.252 e. The molecule has 2 unspecified atom stereocenters. The Hall–Kier alpha value is -6.00. The summed E-state index contributed by atoms with van der Waals surface area (Å²) < 4.78 is 0. The van der Waals surface area contributed by atoms with Gasteiger partial charge in [-0.05, 0) is 194 Å². The Morgan fingerprint density at radius 1 is 0.431 bits per heavy atom. The Bertz CT molecular complexity index is 3380. The molecule has 0 amide bonds. The molecule has 3 aliphatic heterocycles. The van der Waals surface area contributed by atoms with Crippen molar-refractivity contribution in [3.63, 3.8) is 0 Å². The molecule has 7 aromatic rings. The fourth-order valence-electron chi connectivity index (χ4n) is 14.9. The van der Waals surface area contributed by atoms with E-state index >= 15 is 0 Å². The van der Waals surface area contributed by atoms with E-state index in [0.717, 1.165) is 32.1 Å². The highest BCUT2D eigenvalue weighted by atomic mass is 15.3. The summed E-state index contributed by atoms with van der Waals surface area (Å²) in [5.41, 5.74) is 27.8. The van der Waals surface area contributed by atoms with Crippen LogP contribution in [0.15, 0.2) is 133 Å². The molecule has 4 heteroatoms. The Morgan fingerprint density at radius 3 is 1.68 bits per heavy atom. The highest BCUT2D eigenvalue weighted by Gasteiger charge is 2.58. The maximum absolute atomic E-state index is 2.84. The topological polar surface area (TPSA) is 9.72 Å². The van der Waals surface area contributed by atoms with E-state index in [0.29, 0.717) is 0 Å². The van der Waals surface area contributed by atoms with Crippen molar-refractivity contribution in [3.05, 3.63) is 172 Å². The molecule has 1 fully saturated rings. The summed E-state index contributed by atoms with van der Waals surface area (Å²) >= 11 is 0. The van der Waals surface area contributed by atoms with Crippen LogP contribution in [0.1, 0.15) is 148 Å². The van der Waals surface area contributed by atoms with Gasteiger partial charge < -0.3 is 14.7 Å². The number of hydrogen-bond acceptors (Lipinski definition) is 3. The minimum Gasteiger partial charge on any atom is -0.334 e. The van der Waals surface area contributed by atoms with Crippen molar-refractivity contribution in [1.29, 1.82) is 0 Å². The molecule has 13 rings (SSSR count). The molecule has 3 nitrogen and oxygen atoms in total. The third-order valence-corrected chi connectivity index (χ3v) is 18.8. The zero-order chi connectivity index (χ0) is 50.1. The van der Waals surface area contributed by atoms with E-state index in [9.17, 15) is 0 Å². The van der Waals surface area contributed by atoms with Gasteiger partial charge in [-0.1, -0.05) is 162 Å². The van der Waals surface area contributed by atoms with Crippen LogP contribution in [0.25, 0.3) is 11.1 Å². The average molecular weight is 944 g/mol. The van der Waals surface area contributed by atoms with Crippen molar-refractivity contribution in [1.82, 2.24) is 0 Å². The number of nitrogens with zero attached hydrogens (tertiary/aromatic N) is 3. The number of rotatable bonds is 4. The zero-order valence-corrected chi connectivity index (χ0v) is 45.3. The molecule has 0 aromatic heterocycles. The molecule has 1 saturated carbocycles. The van der Waals surface area contributed by atoms with Gasteiger partial charge in [-0.3, -0.25) is 0 Å². The van der Waals surface area contributed by atoms with Crippen LogP contribution in [-0.2, 0) is 41.9 Å². The van der Waals surface area contributed by atoms with Gasteiger partial charge in [0.25, 0.3) is 6.71 Å². The summed E-state index contributed by atoms with van der Waals surface area (Å²) in [6.45, 7) is 29.2. The lowest BCUT2D eigenvalue weighted by atomic mass is 9.33. The van der Waals surface area contributed by atoms with Crippen LogP contribution >= 0.6 is 0 Å². The van der Waals surface area contributed by atoms with Crippen LogP contribution < -0.4 is 31.1 Å². The second kappa shape index (κ2) is 15.3. The van der Waals surface area contributed by atoms with E-state index in [1.54, 1.807) is 0 Å². The Morgan fingerprint density at radius 2 is 1.00 bits per heavy atom. The van der Waals surface area contributed by atoms with Crippen molar-refractivity contribution < 1.29 is 0 Å². The summed E-state index contributed by atoms with van der Waals surface area (Å²) in [7, 11) is 0. The van der Waals surface area contributed by atoms with Crippen LogP contribution in [0.4, 0.5) is 45.5 Å². The van der Waals surface area contributed by atoms with Crippen molar-refractivity contribution in [2.45, 2.75) is 156 Å². The second-order valence-corrected chi connectivity index (χ2v) is 27.2. The first-order valence-corrected chi connectivity index (χ1v) is 27.4. The number of hydrogen-bond donors (Lipinski definition) is 0. The predicted octanol–water partition coefficient (Wildman–Crippen LogP) is 16.0. The van der Waals surface area contributed by atoms with E-state index in [2.05, 4.69) is 231 Å². The molecule has 364 valence electrons. The normalized spacial score (nSPS) is 21.9. The molecule has 0 bridgehead atoms. The maximum atomic E-state index is 2.84.